The van der Waals surface area contributed by atoms with Crippen molar-refractivity contribution in [2.75, 3.05) is 0 Å². The van der Waals surface area contributed by atoms with Crippen LogP contribution in [0.4, 0.5) is 4.39 Å². The Bertz CT molecular complexity index is 1010. The lowest BCUT2D eigenvalue weighted by molar-refractivity contribution is 0.609. The molecule has 1 aromatic heterocycles. The van der Waals surface area contributed by atoms with Crippen molar-refractivity contribution in [3.8, 4) is 34.2 Å². The zero-order valence-electron chi connectivity index (χ0n) is 15.1. The first-order valence-corrected chi connectivity index (χ1v) is 8.76. The van der Waals surface area contributed by atoms with Gasteiger partial charge in [0, 0.05) is 16.7 Å². The maximum atomic E-state index is 14.1. The van der Waals surface area contributed by atoms with Crippen LogP contribution in [-0.4, -0.2) is 15.0 Å². The van der Waals surface area contributed by atoms with Gasteiger partial charge < -0.3 is 0 Å². The van der Waals surface area contributed by atoms with Crippen LogP contribution in [0.3, 0.4) is 0 Å². The van der Waals surface area contributed by atoms with Crippen molar-refractivity contribution in [1.29, 1.82) is 0 Å². The molecule has 4 aromatic rings. The highest BCUT2D eigenvalue weighted by Crippen LogP contribution is 2.26. The molecule has 3 aromatic carbocycles. The van der Waals surface area contributed by atoms with Crippen LogP contribution in [0.15, 0.2) is 72.8 Å². The lowest BCUT2D eigenvalue weighted by Gasteiger charge is -2.10. The van der Waals surface area contributed by atoms with Gasteiger partial charge in [0.2, 0.25) is 0 Å². The summed E-state index contributed by atoms with van der Waals surface area (Å²) in [4.78, 5) is 14.0. The number of aromatic nitrogens is 3. The maximum Gasteiger partial charge on any atom is 0.164 e. The normalized spacial score (nSPS) is 10.8. The average Bonchev–Trinajstić information content (AvgIpc) is 2.72. The molecule has 4 rings (SSSR count). The van der Waals surface area contributed by atoms with E-state index in [1.54, 1.807) is 26.0 Å². The minimum atomic E-state index is -0.195. The molecule has 0 aliphatic heterocycles. The SMILES string of the molecule is Cc1cc(-c2nc(-c3ccccc3)nc(-c3ccccc3)n2)cc(C)c1F. The van der Waals surface area contributed by atoms with Crippen molar-refractivity contribution in [2.45, 2.75) is 13.8 Å². The molecule has 1 heterocycles. The Balaban J connectivity index is 1.94. The minimum Gasteiger partial charge on any atom is -0.208 e. The van der Waals surface area contributed by atoms with E-state index in [1.165, 1.54) is 0 Å². The summed E-state index contributed by atoms with van der Waals surface area (Å²) in [6.45, 7) is 3.51. The van der Waals surface area contributed by atoms with E-state index in [9.17, 15) is 4.39 Å². The van der Waals surface area contributed by atoms with Crippen LogP contribution in [0, 0.1) is 19.7 Å². The monoisotopic (exact) mass is 355 g/mol. The van der Waals surface area contributed by atoms with E-state index in [2.05, 4.69) is 15.0 Å². The number of aryl methyl sites for hydroxylation is 2. The molecule has 0 spiro atoms. The highest BCUT2D eigenvalue weighted by Gasteiger charge is 2.14. The smallest absolute Gasteiger partial charge is 0.164 e. The van der Waals surface area contributed by atoms with Crippen LogP contribution in [0.25, 0.3) is 34.2 Å². The molecule has 0 saturated carbocycles. The summed E-state index contributed by atoms with van der Waals surface area (Å²) in [6, 6.07) is 23.1. The van der Waals surface area contributed by atoms with Gasteiger partial charge in [0.25, 0.3) is 0 Å². The van der Waals surface area contributed by atoms with Crippen molar-refractivity contribution < 1.29 is 4.39 Å². The van der Waals surface area contributed by atoms with Crippen LogP contribution in [0.1, 0.15) is 11.1 Å². The van der Waals surface area contributed by atoms with E-state index < -0.39 is 0 Å². The molecule has 132 valence electrons. The molecular formula is C23H18FN3. The van der Waals surface area contributed by atoms with Crippen LogP contribution in [-0.2, 0) is 0 Å². The van der Waals surface area contributed by atoms with Gasteiger partial charge in [0.15, 0.2) is 17.5 Å². The fourth-order valence-electron chi connectivity index (χ4n) is 3.01. The molecule has 0 N–H and O–H groups in total. The highest BCUT2D eigenvalue weighted by atomic mass is 19.1. The second-order valence-electron chi connectivity index (χ2n) is 6.46. The Kier molecular flexibility index (Phi) is 4.47. The molecule has 0 bridgehead atoms. The predicted octanol–water partition coefficient (Wildman–Crippen LogP) is 5.63. The summed E-state index contributed by atoms with van der Waals surface area (Å²) >= 11 is 0. The van der Waals surface area contributed by atoms with E-state index >= 15 is 0 Å². The van der Waals surface area contributed by atoms with Crippen LogP contribution in [0.5, 0.6) is 0 Å². The van der Waals surface area contributed by atoms with E-state index in [0.29, 0.717) is 28.6 Å². The predicted molar refractivity (Wildman–Crippen MR) is 106 cm³/mol. The van der Waals surface area contributed by atoms with Gasteiger partial charge in [0.05, 0.1) is 0 Å². The quantitative estimate of drug-likeness (QED) is 0.478. The largest absolute Gasteiger partial charge is 0.208 e. The standard InChI is InChI=1S/C23H18FN3/c1-15-13-19(14-16(2)20(15)24)23-26-21(17-9-5-3-6-10-17)25-22(27-23)18-11-7-4-8-12-18/h3-14H,1-2H3. The third-order valence-electron chi connectivity index (χ3n) is 4.39. The number of halogens is 1. The van der Waals surface area contributed by atoms with Gasteiger partial charge in [-0.25, -0.2) is 19.3 Å². The van der Waals surface area contributed by atoms with Crippen molar-refractivity contribution >= 4 is 0 Å². The Morgan fingerprint density at radius 2 is 0.926 bits per heavy atom. The first-order valence-electron chi connectivity index (χ1n) is 8.76. The molecule has 0 aliphatic rings. The topological polar surface area (TPSA) is 38.7 Å². The van der Waals surface area contributed by atoms with E-state index in [-0.39, 0.29) is 5.82 Å². The molecule has 3 nitrogen and oxygen atoms in total. The molecule has 0 saturated heterocycles. The minimum absolute atomic E-state index is 0.195. The van der Waals surface area contributed by atoms with Crippen molar-refractivity contribution in [1.82, 2.24) is 15.0 Å². The van der Waals surface area contributed by atoms with Crippen molar-refractivity contribution in [3.05, 3.63) is 89.7 Å². The molecule has 27 heavy (non-hydrogen) atoms. The Labute approximate surface area is 157 Å². The Hall–Kier alpha value is -3.40. The molecule has 0 aliphatic carbocycles. The lowest BCUT2D eigenvalue weighted by atomic mass is 10.1. The summed E-state index contributed by atoms with van der Waals surface area (Å²) in [6.07, 6.45) is 0. The fourth-order valence-corrected chi connectivity index (χ4v) is 3.01. The number of rotatable bonds is 3. The molecule has 0 fully saturated rings. The molecular weight excluding hydrogens is 337 g/mol. The van der Waals surface area contributed by atoms with Gasteiger partial charge in [-0.1, -0.05) is 60.7 Å². The van der Waals surface area contributed by atoms with E-state index in [1.807, 2.05) is 60.7 Å². The average molecular weight is 355 g/mol. The highest BCUT2D eigenvalue weighted by molar-refractivity contribution is 5.67. The molecule has 0 radical (unpaired) electrons. The first kappa shape index (κ1) is 17.0. The summed E-state index contributed by atoms with van der Waals surface area (Å²) in [5.74, 6) is 1.53. The number of hydrogen-bond acceptors (Lipinski definition) is 3. The van der Waals surface area contributed by atoms with Gasteiger partial charge in [-0.15, -0.1) is 0 Å². The third-order valence-corrected chi connectivity index (χ3v) is 4.39. The van der Waals surface area contributed by atoms with Gasteiger partial charge in [-0.3, -0.25) is 0 Å². The summed E-state index contributed by atoms with van der Waals surface area (Å²) < 4.78 is 14.1. The van der Waals surface area contributed by atoms with Crippen molar-refractivity contribution in [3.63, 3.8) is 0 Å². The third kappa shape index (κ3) is 3.47. The Morgan fingerprint density at radius 3 is 1.33 bits per heavy atom. The van der Waals surface area contributed by atoms with E-state index in [0.717, 1.165) is 16.7 Å². The fraction of sp³-hybridized carbons (Fsp3) is 0.0870. The van der Waals surface area contributed by atoms with E-state index in [4.69, 9.17) is 0 Å². The van der Waals surface area contributed by atoms with Gasteiger partial charge in [-0.2, -0.15) is 0 Å². The second kappa shape index (κ2) is 7.08. The molecule has 0 atom stereocenters. The first-order chi connectivity index (χ1) is 13.1. The summed E-state index contributed by atoms with van der Waals surface area (Å²) in [5, 5.41) is 0. The zero-order valence-corrected chi connectivity index (χ0v) is 15.1. The lowest BCUT2D eigenvalue weighted by Crippen LogP contribution is -2.01. The Morgan fingerprint density at radius 1 is 0.556 bits per heavy atom. The second-order valence-corrected chi connectivity index (χ2v) is 6.46. The van der Waals surface area contributed by atoms with Crippen LogP contribution >= 0.6 is 0 Å². The van der Waals surface area contributed by atoms with Gasteiger partial charge >= 0.3 is 0 Å². The van der Waals surface area contributed by atoms with Gasteiger partial charge in [0.1, 0.15) is 5.82 Å². The summed E-state index contributed by atoms with van der Waals surface area (Å²) in [7, 11) is 0. The number of nitrogens with zero attached hydrogens (tertiary/aromatic N) is 3. The summed E-state index contributed by atoms with van der Waals surface area (Å²) in [5.41, 5.74) is 3.76. The number of hydrogen-bond donors (Lipinski definition) is 0. The molecule has 0 unspecified atom stereocenters. The molecule has 0 amide bonds. The van der Waals surface area contributed by atoms with Crippen LogP contribution in [0.2, 0.25) is 0 Å². The zero-order chi connectivity index (χ0) is 18.8. The number of benzene rings is 3. The van der Waals surface area contributed by atoms with Crippen LogP contribution < -0.4 is 0 Å². The van der Waals surface area contributed by atoms with Crippen molar-refractivity contribution in [2.24, 2.45) is 0 Å². The van der Waals surface area contributed by atoms with Gasteiger partial charge in [-0.05, 0) is 37.1 Å². The molecule has 4 heteroatoms. The maximum absolute atomic E-state index is 14.1.